The Kier molecular flexibility index (Phi) is 34.0. The van der Waals surface area contributed by atoms with Crippen LogP contribution >= 0.6 is 75.1 Å². The van der Waals surface area contributed by atoms with Crippen LogP contribution in [-0.2, 0) is 52.0 Å². The second-order valence-corrected chi connectivity index (χ2v) is 35.8. The average molecular weight is 2050 g/mol. The van der Waals surface area contributed by atoms with E-state index in [0.29, 0.717) is 58.9 Å². The molecule has 0 bridgehead atoms. The molecule has 0 aliphatic rings. The van der Waals surface area contributed by atoms with Gasteiger partial charge in [0.25, 0.3) is 0 Å². The zero-order valence-corrected chi connectivity index (χ0v) is 83.0. The van der Waals surface area contributed by atoms with Crippen LogP contribution in [0.1, 0.15) is 59.7 Å². The maximum atomic E-state index is 10.3. The van der Waals surface area contributed by atoms with E-state index in [-0.39, 0.29) is 23.0 Å². The van der Waals surface area contributed by atoms with Gasteiger partial charge in [-0.15, -0.1) is 11.3 Å². The number of anilines is 3. The third kappa shape index (κ3) is 24.3. The number of imidazole rings is 2. The summed E-state index contributed by atoms with van der Waals surface area (Å²) in [6, 6.07) is 89.1. The van der Waals surface area contributed by atoms with E-state index in [1.54, 1.807) is 42.7 Å². The molecule has 16 aromatic rings. The summed E-state index contributed by atoms with van der Waals surface area (Å²) in [4.78, 5) is 31.0. The highest BCUT2D eigenvalue weighted by molar-refractivity contribution is 9.11. The number of rotatable bonds is 32. The van der Waals surface area contributed by atoms with E-state index in [9.17, 15) is 20.4 Å². The number of phenolic OH excluding ortho intramolecular Hbond substituents is 4. The van der Waals surface area contributed by atoms with Gasteiger partial charge in [0, 0.05) is 110 Å². The van der Waals surface area contributed by atoms with Gasteiger partial charge in [0.15, 0.2) is 28.8 Å². The van der Waals surface area contributed by atoms with E-state index in [1.807, 2.05) is 150 Å². The van der Waals surface area contributed by atoms with Crippen molar-refractivity contribution in [1.82, 2.24) is 29.5 Å². The summed E-state index contributed by atoms with van der Waals surface area (Å²) in [6.07, 6.45) is 6.69. The molecule has 0 saturated heterocycles. The molecule has 0 aliphatic carbocycles. The van der Waals surface area contributed by atoms with Gasteiger partial charge in [-0.2, -0.15) is 0 Å². The minimum atomic E-state index is -0.0564. The number of aromatic hydroxyl groups is 4. The van der Waals surface area contributed by atoms with Crippen LogP contribution < -0.4 is 43.1 Å². The van der Waals surface area contributed by atoms with E-state index in [0.717, 1.165) is 188 Å². The third-order valence-electron chi connectivity index (χ3n) is 22.3. The predicted octanol–water partition coefficient (Wildman–Crippen LogP) is 26.2. The number of aromatic amines is 1. The van der Waals surface area contributed by atoms with Crippen LogP contribution in [-0.4, -0.2) is 133 Å². The van der Waals surface area contributed by atoms with Crippen LogP contribution in [0, 0.1) is 0 Å². The van der Waals surface area contributed by atoms with Crippen molar-refractivity contribution in [2.45, 2.75) is 65.2 Å². The lowest BCUT2D eigenvalue weighted by Crippen LogP contribution is -2.21. The summed E-state index contributed by atoms with van der Waals surface area (Å²) in [5.74, 6) is 6.05. The molecule has 0 radical (unpaired) electrons. The summed E-state index contributed by atoms with van der Waals surface area (Å²) in [5.41, 5.74) is 21.0. The summed E-state index contributed by atoms with van der Waals surface area (Å²) < 4.78 is 43.4. The molecule has 25 heteroatoms. The van der Waals surface area contributed by atoms with E-state index in [2.05, 4.69) is 230 Å². The van der Waals surface area contributed by atoms with Gasteiger partial charge in [0.05, 0.1) is 93.4 Å². The van der Waals surface area contributed by atoms with Crippen LogP contribution in [0.4, 0.5) is 17.1 Å². The molecule has 0 amide bonds. The standard InChI is InChI=1S/C27H27Br2N3O.C27H28N2O4.C27H27NO5S.C26H25Br2N3O/c1-3-32(4-2)21-13-11-19(12-14-21)25-24(15-10-18-8-6-5-7-9-18)30-27(31-25)20-16-22(28)26(33)23(29)17-20;1-29(2)21-13-11-19(12-14-21)26-22(15-10-18-8-6-5-7-9-18)28-27(33-26)20-16-23(31-3)25(30)24(17-20)32-4;1-30-20-13-11-18(12-14-20)26-22(10-7-15-33-21-8-5-4-6-9-21)28-27(34-26)19-16-23(31-2)25(29)24(17-19)32-3;1-30(2)20-12-10-18(11-13-20)24-23(14-9-17-7-5-4-6-8-17)29-26(31(24)3)19-15-21(27)25(32)22(28)16-19/h5-9,11-14,16-17,33H,3-4,10,15H2,1-2H3,(H,30,31);5-9,11-14,16-17,30H,10,15H2,1-4H3;4-6,8-9,11-14,16-17,29H,7,10,15H2,1-3H3;4-8,10-13,15-16,32H,9,14H2,1-3H3. The number of methoxy groups -OCH3 is 5. The molecule has 680 valence electrons. The summed E-state index contributed by atoms with van der Waals surface area (Å²) >= 11 is 15.4. The molecule has 20 nitrogen and oxygen atoms in total. The number of nitrogens with zero attached hydrogens (tertiary/aromatic N) is 8. The first-order valence-electron chi connectivity index (χ1n) is 43.2. The summed E-state index contributed by atoms with van der Waals surface area (Å²) in [5, 5.41) is 41.6. The number of thiazole rings is 1. The lowest BCUT2D eigenvalue weighted by atomic mass is 10.0. The number of para-hydroxylation sites is 1. The maximum absolute atomic E-state index is 10.3. The Morgan fingerprint density at radius 3 is 1.31 bits per heavy atom. The molecule has 0 fully saturated rings. The van der Waals surface area contributed by atoms with Crippen LogP contribution in [0.3, 0.4) is 0 Å². The largest absolute Gasteiger partial charge is 0.506 e. The molecule has 0 unspecified atom stereocenters. The zero-order chi connectivity index (χ0) is 93.5. The monoisotopic (exact) mass is 2040 g/mol. The van der Waals surface area contributed by atoms with E-state index < -0.39 is 0 Å². The van der Waals surface area contributed by atoms with E-state index >= 15 is 0 Å². The minimum Gasteiger partial charge on any atom is -0.506 e. The number of nitrogens with one attached hydrogen (secondary N) is 1. The lowest BCUT2D eigenvalue weighted by Gasteiger charge is -2.21. The third-order valence-corrected chi connectivity index (χ3v) is 26.0. The molecule has 0 atom stereocenters. The van der Waals surface area contributed by atoms with Gasteiger partial charge in [-0.05, 0) is 285 Å². The number of aromatic nitrogens is 6. The van der Waals surface area contributed by atoms with Gasteiger partial charge in [-0.3, -0.25) is 0 Å². The lowest BCUT2D eigenvalue weighted by molar-refractivity contribution is 0.310. The second-order valence-electron chi connectivity index (χ2n) is 31.4. The normalized spacial score (nSPS) is 10.9. The Morgan fingerprint density at radius 2 is 0.833 bits per heavy atom. The molecule has 132 heavy (non-hydrogen) atoms. The topological polar surface area (TPSA) is 231 Å². The SMILES string of the molecule is CCN(CC)c1ccc(-c2nc(-c3cc(Br)c(O)c(Br)c3)[nH]c2CCc2ccccc2)cc1.CN(C)c1ccc(-c2c(CCc3ccccc3)nc(-c3cc(Br)c(O)c(Br)c3)n2C)cc1.COc1cc(-c2nc(CCc3ccccc3)c(-c3ccc(N(C)C)cc3)o2)cc(OC)c1O.COc1ccc(-c2sc(-c3cc(OC)c(O)c(OC)c3)nc2CCCOc2ccccc2)cc1. The van der Waals surface area contributed by atoms with Gasteiger partial charge >= 0.3 is 0 Å². The van der Waals surface area contributed by atoms with Crippen LogP contribution in [0.2, 0.25) is 0 Å². The Balaban J connectivity index is 0.000000150. The number of hydrogen-bond donors (Lipinski definition) is 5. The average Bonchev–Trinajstić information content (AvgIpc) is 1.64. The number of benzene rings is 12. The Labute approximate surface area is 809 Å². The number of halogens is 4. The molecule has 4 heterocycles. The highest BCUT2D eigenvalue weighted by Gasteiger charge is 2.26. The van der Waals surface area contributed by atoms with Gasteiger partial charge in [-0.25, -0.2) is 19.9 Å². The Hall–Kier alpha value is -12.8. The molecule has 0 saturated carbocycles. The molecule has 0 aliphatic heterocycles. The second kappa shape index (κ2) is 46.3. The van der Waals surface area contributed by atoms with Crippen molar-refractivity contribution in [2.24, 2.45) is 7.05 Å². The Morgan fingerprint density at radius 1 is 0.394 bits per heavy atom. The summed E-state index contributed by atoms with van der Waals surface area (Å²) in [6.45, 7) is 6.91. The van der Waals surface area contributed by atoms with Crippen molar-refractivity contribution in [2.75, 3.05) is 98.1 Å². The fraction of sp³-hybridized carbons (Fsp3) is 0.215. The number of H-pyrrole nitrogens is 1. The van der Waals surface area contributed by atoms with Crippen molar-refractivity contribution in [3.05, 3.63) is 324 Å². The molecule has 4 aromatic heterocycles. The van der Waals surface area contributed by atoms with Crippen LogP contribution in [0.5, 0.6) is 57.5 Å². The quantitative estimate of drug-likeness (QED) is 0.0247. The van der Waals surface area contributed by atoms with Gasteiger partial charge < -0.3 is 77.5 Å². The fourth-order valence-electron chi connectivity index (χ4n) is 15.1. The highest BCUT2D eigenvalue weighted by Crippen LogP contribution is 2.47. The molecule has 5 N–H and O–H groups in total. The predicted molar refractivity (Wildman–Crippen MR) is 548 cm³/mol. The van der Waals surface area contributed by atoms with Gasteiger partial charge in [-0.1, -0.05) is 133 Å². The van der Waals surface area contributed by atoms with E-state index in [4.69, 9.17) is 52.8 Å². The highest BCUT2D eigenvalue weighted by atomic mass is 79.9. The molecule has 0 spiro atoms. The summed E-state index contributed by atoms with van der Waals surface area (Å²) in [7, 11) is 17.8. The first-order valence-corrected chi connectivity index (χ1v) is 47.2. The number of ether oxygens (including phenoxy) is 6. The number of oxazole rings is 1. The number of phenols is 4. The first-order chi connectivity index (χ1) is 64.0. The van der Waals surface area contributed by atoms with E-state index in [1.165, 1.54) is 50.8 Å². The fourth-order valence-corrected chi connectivity index (χ4v) is 18.6. The van der Waals surface area contributed by atoms with Crippen molar-refractivity contribution < 1.29 is 53.3 Å². The molecular weight excluding hydrogens is 1940 g/mol. The number of aryl methyl sites for hydroxylation is 7. The van der Waals surface area contributed by atoms with Crippen molar-refractivity contribution in [1.29, 1.82) is 0 Å². The van der Waals surface area contributed by atoms with Gasteiger partial charge in [0.1, 0.15) is 39.7 Å². The molecule has 16 rings (SSSR count). The minimum absolute atomic E-state index is 0.0287. The maximum Gasteiger partial charge on any atom is 0.227 e. The number of hydrogen-bond acceptors (Lipinski definition) is 19. The van der Waals surface area contributed by atoms with Crippen molar-refractivity contribution in [3.8, 4) is 147 Å². The smallest absolute Gasteiger partial charge is 0.227 e. The van der Waals surface area contributed by atoms with Crippen molar-refractivity contribution in [3.63, 3.8) is 0 Å². The molecular formula is C107H107Br4N9O11S. The van der Waals surface area contributed by atoms with Crippen LogP contribution in [0.25, 0.3) is 89.1 Å². The first kappa shape index (κ1) is 96.8. The molecule has 12 aromatic carbocycles. The van der Waals surface area contributed by atoms with Gasteiger partial charge in [0.2, 0.25) is 17.4 Å². The zero-order valence-electron chi connectivity index (χ0n) is 75.8. The van der Waals surface area contributed by atoms with Crippen LogP contribution in [0.15, 0.2) is 289 Å². The Bertz CT molecular complexity index is 6360. The van der Waals surface area contributed by atoms with Crippen molar-refractivity contribution >= 4 is 92.1 Å².